The fraction of sp³-hybridized carbons (Fsp3) is 0. The first kappa shape index (κ1) is 31.5. The van der Waals surface area contributed by atoms with E-state index in [9.17, 15) is 0 Å². The van der Waals surface area contributed by atoms with E-state index in [2.05, 4.69) is 0 Å². The van der Waals surface area contributed by atoms with Gasteiger partial charge in [-0.1, -0.05) is 0 Å². The summed E-state index contributed by atoms with van der Waals surface area (Å²) in [6.07, 6.45) is 0. The van der Waals surface area contributed by atoms with Gasteiger partial charge in [0.05, 0.1) is 0 Å². The van der Waals surface area contributed by atoms with Gasteiger partial charge >= 0.3 is 139 Å². The maximum absolute atomic E-state index is 8.85. The zero-order valence-electron chi connectivity index (χ0n) is 11.8. The average Bonchev–Trinajstić information content (AvgIpc) is 1.41. The summed E-state index contributed by atoms with van der Waals surface area (Å²) in [6.45, 7) is 0. The molecule has 0 aliphatic heterocycles. The summed E-state index contributed by atoms with van der Waals surface area (Å²) in [5.41, 5.74) is 0. The first-order valence-electron chi connectivity index (χ1n) is 2.10. The summed E-state index contributed by atoms with van der Waals surface area (Å²) >= 11 is -16.6. The van der Waals surface area contributed by atoms with Crippen molar-refractivity contribution in [3.05, 3.63) is 0 Å². The summed E-state index contributed by atoms with van der Waals surface area (Å²) in [7, 11) is 0. The van der Waals surface area contributed by atoms with Crippen molar-refractivity contribution in [2.45, 2.75) is 0 Å². The van der Waals surface area contributed by atoms with E-state index in [0.717, 1.165) is 0 Å². The minimum atomic E-state index is -5.52. The zero-order chi connectivity index (χ0) is 13.5. The molecule has 0 aromatic heterocycles. The monoisotopic (exact) mass is 544 g/mol. The molecule has 0 bridgehead atoms. The van der Waals surface area contributed by atoms with Crippen molar-refractivity contribution in [2.24, 2.45) is 0 Å². The summed E-state index contributed by atoms with van der Waals surface area (Å²) in [5, 5.41) is 0. The summed E-state index contributed by atoms with van der Waals surface area (Å²) < 4.78 is 96.0. The van der Waals surface area contributed by atoms with Crippen LogP contribution in [0.2, 0.25) is 0 Å². The van der Waals surface area contributed by atoms with E-state index in [1.54, 1.807) is 0 Å². The molecule has 0 aliphatic carbocycles. The van der Waals surface area contributed by atoms with E-state index in [-0.39, 0.29) is 51.8 Å². The Balaban J connectivity index is -0.0000000129. The maximum atomic E-state index is 8.85. The molecule has 0 saturated carbocycles. The Morgan fingerprint density at radius 3 is 0.471 bits per heavy atom. The second-order valence-corrected chi connectivity index (χ2v) is 7.95. The van der Waals surface area contributed by atoms with Crippen LogP contribution in [0.15, 0.2) is 0 Å². The summed E-state index contributed by atoms with van der Waals surface area (Å²) in [5.74, 6) is 0. The van der Waals surface area contributed by atoms with E-state index >= 15 is 0 Å². The van der Waals surface area contributed by atoms with Crippen LogP contribution in [0.4, 0.5) is 0 Å². The molecule has 0 aliphatic rings. The fourth-order valence-electron chi connectivity index (χ4n) is 0. The van der Waals surface area contributed by atoms with Crippen molar-refractivity contribution in [2.75, 3.05) is 0 Å². The second-order valence-electron chi connectivity index (χ2n) is 1.34. The van der Waals surface area contributed by atoms with Gasteiger partial charge in [-0.05, 0) is 0 Å². The zero-order valence-corrected chi connectivity index (χ0v) is 16.6. The van der Waals surface area contributed by atoms with E-state index in [0.29, 0.717) is 0 Å². The second kappa shape index (κ2) is 13.2. The van der Waals surface area contributed by atoms with Gasteiger partial charge in [-0.3, -0.25) is 0 Å². The van der Waals surface area contributed by atoms with Crippen LogP contribution in [0.3, 0.4) is 0 Å². The van der Waals surface area contributed by atoms with Crippen molar-refractivity contribution in [3.8, 4) is 0 Å². The molecule has 0 unspecified atom stereocenters. The molecule has 0 aromatic carbocycles. The molecule has 0 atom stereocenters. The Morgan fingerprint density at radius 2 is 0.471 bits per heavy atom. The molecule has 0 heterocycles. The third-order valence-electron chi connectivity index (χ3n) is 0. The van der Waals surface area contributed by atoms with Gasteiger partial charge in [-0.15, -0.1) is 0 Å². The van der Waals surface area contributed by atoms with Crippen molar-refractivity contribution >= 4 is 46.1 Å². The van der Waals surface area contributed by atoms with Gasteiger partial charge in [-0.2, -0.15) is 0 Å². The molecule has 17 heavy (non-hydrogen) atoms. The van der Waals surface area contributed by atoms with Crippen LogP contribution in [0, 0.1) is 0 Å². The molecule has 0 amide bonds. The van der Waals surface area contributed by atoms with E-state index in [4.69, 9.17) is 42.9 Å². The third-order valence-corrected chi connectivity index (χ3v) is 0. The summed E-state index contributed by atoms with van der Waals surface area (Å²) in [6, 6.07) is 0. The minimum absolute atomic E-state index is 0. The first-order chi connectivity index (χ1) is 6.00. The fourth-order valence-corrected chi connectivity index (χ4v) is 0. The van der Waals surface area contributed by atoms with Gasteiger partial charge in [0, 0.05) is 0 Å². The van der Waals surface area contributed by atoms with Crippen molar-refractivity contribution in [1.29, 1.82) is 0 Å². The molecule has 17 heteroatoms. The van der Waals surface area contributed by atoms with Crippen LogP contribution >= 0.6 is 0 Å². The van der Waals surface area contributed by atoms with E-state index in [1.165, 1.54) is 0 Å². The van der Waals surface area contributed by atoms with Crippen molar-refractivity contribution in [3.63, 3.8) is 0 Å². The standard InChI is InChI=1S/2Mg.3Mo.6H2O.6O.4H/h;;;;;6*1H2;;;;;;;;;;/q5*+2;;;;;;;;;;;;;4*-1/p-6. The van der Waals surface area contributed by atoms with Crippen LogP contribution in [-0.4, -0.2) is 68.7 Å². The molecule has 0 saturated heterocycles. The van der Waals surface area contributed by atoms with Gasteiger partial charge < -0.3 is 5.71 Å². The van der Waals surface area contributed by atoms with Crippen LogP contribution in [0.25, 0.3) is 0 Å². The van der Waals surface area contributed by atoms with Crippen LogP contribution in [-0.2, 0) is 70.6 Å². The quantitative estimate of drug-likeness (QED) is 0.161. The normalized spacial score (nSPS) is 10.2. The molecular formula is H10Mg2Mo3O12. The molecule has 12 nitrogen and oxygen atoms in total. The molecule has 0 spiro atoms. The molecule has 0 fully saturated rings. The molecule has 6 N–H and O–H groups in total. The number of hydrogen-bond donors (Lipinski definition) is 6. The predicted molar refractivity (Wildman–Crippen MR) is 33.4 cm³/mol. The Kier molecular flexibility index (Phi) is 24.4. The van der Waals surface area contributed by atoms with E-state index in [1.807, 2.05) is 0 Å². The van der Waals surface area contributed by atoms with Crippen LogP contribution in [0.5, 0.6) is 0 Å². The number of rotatable bonds is 0. The molecule has 0 radical (unpaired) electrons. The molecular weight excluding hydrogens is 528 g/mol. The van der Waals surface area contributed by atoms with Gasteiger partial charge in [0.25, 0.3) is 0 Å². The Hall–Kier alpha value is 2.16. The van der Waals surface area contributed by atoms with Crippen molar-refractivity contribution in [1.82, 2.24) is 0 Å². The molecule has 0 rings (SSSR count). The van der Waals surface area contributed by atoms with Gasteiger partial charge in [0.2, 0.25) is 0 Å². The Labute approximate surface area is 143 Å². The average molecular weight is 538 g/mol. The Morgan fingerprint density at radius 1 is 0.471 bits per heavy atom. The topological polar surface area (TPSA) is 224 Å². The third kappa shape index (κ3) is 1020. The molecule has 104 valence electrons. The Bertz CT molecular complexity index is 355. The van der Waals surface area contributed by atoms with Crippen LogP contribution < -0.4 is 0 Å². The van der Waals surface area contributed by atoms with Gasteiger partial charge in [0.15, 0.2) is 0 Å². The van der Waals surface area contributed by atoms with E-state index < -0.39 is 50.2 Å². The van der Waals surface area contributed by atoms with Gasteiger partial charge in [0.1, 0.15) is 0 Å². The van der Waals surface area contributed by atoms with Crippen LogP contribution in [0.1, 0.15) is 5.71 Å². The predicted octanol–water partition coefficient (Wildman–Crippen LogP) is -4.37. The SMILES string of the molecule is [H-].[H-].[H-].[H-].[Mg+2].[Mg+2].[O]=[Mo](=[O])([OH])[OH].[O]=[Mo](=[O])([OH])[OH].[O]=[Mo](=[O])([OH])[OH]. The first-order valence-corrected chi connectivity index (χ1v) is 12.4. The van der Waals surface area contributed by atoms with Gasteiger partial charge in [-0.25, -0.2) is 0 Å². The summed E-state index contributed by atoms with van der Waals surface area (Å²) in [4.78, 5) is 0. The molecule has 0 aromatic rings. The number of hydrogen-bond acceptors (Lipinski definition) is 6. The van der Waals surface area contributed by atoms with Crippen molar-refractivity contribution < 1.29 is 98.9 Å².